The van der Waals surface area contributed by atoms with Crippen molar-refractivity contribution in [2.45, 2.75) is 50.8 Å². The van der Waals surface area contributed by atoms with E-state index >= 15 is 0 Å². The quantitative estimate of drug-likeness (QED) is 0.627. The number of aryl methyl sites for hydroxylation is 2. The average Bonchev–Trinajstić information content (AvgIpc) is 2.23. The molecule has 0 radical (unpaired) electrons. The van der Waals surface area contributed by atoms with Crippen molar-refractivity contribution in [1.82, 2.24) is 0 Å². The molecule has 0 spiro atoms. The number of unbranched alkanes of at least 4 members (excludes halogenated alkanes) is 3. The normalized spacial score (nSPS) is 11.7. The SMILES string of the molecule is CCCCCCc1cc(C)ccc1S(=O)(=O)O. The number of benzene rings is 1. The molecule has 0 fully saturated rings. The van der Waals surface area contributed by atoms with Gasteiger partial charge in [0.15, 0.2) is 0 Å². The van der Waals surface area contributed by atoms with Gasteiger partial charge in [0, 0.05) is 0 Å². The number of hydrogen-bond donors (Lipinski definition) is 1. The van der Waals surface area contributed by atoms with Gasteiger partial charge in [0.25, 0.3) is 10.1 Å². The Labute approximate surface area is 104 Å². The van der Waals surface area contributed by atoms with E-state index in [2.05, 4.69) is 6.92 Å². The van der Waals surface area contributed by atoms with Gasteiger partial charge < -0.3 is 0 Å². The van der Waals surface area contributed by atoms with Gasteiger partial charge in [0.1, 0.15) is 0 Å². The second kappa shape index (κ2) is 6.17. The lowest BCUT2D eigenvalue weighted by Crippen LogP contribution is -2.03. The standard InChI is InChI=1S/C13H20O3S/c1-3-4-5-6-7-12-10-11(2)8-9-13(12)17(14,15)16/h8-10H,3-7H2,1-2H3,(H,14,15,16). The fourth-order valence-corrected chi connectivity index (χ4v) is 2.63. The molecule has 0 saturated heterocycles. The smallest absolute Gasteiger partial charge is 0.282 e. The third-order valence-electron chi connectivity index (χ3n) is 2.79. The van der Waals surface area contributed by atoms with Crippen LogP contribution in [0.15, 0.2) is 23.1 Å². The predicted molar refractivity (Wildman–Crippen MR) is 68.8 cm³/mol. The van der Waals surface area contributed by atoms with E-state index in [1.165, 1.54) is 6.07 Å². The molecule has 0 aliphatic carbocycles. The molecule has 3 nitrogen and oxygen atoms in total. The second-order valence-corrected chi connectivity index (χ2v) is 5.79. The Hall–Kier alpha value is -0.870. The maximum Gasteiger partial charge on any atom is 0.294 e. The fraction of sp³-hybridized carbons (Fsp3) is 0.538. The summed E-state index contributed by atoms with van der Waals surface area (Å²) in [4.78, 5) is 0.0552. The molecule has 1 N–H and O–H groups in total. The fourth-order valence-electron chi connectivity index (χ4n) is 1.90. The summed E-state index contributed by atoms with van der Waals surface area (Å²) in [5, 5.41) is 0. The van der Waals surface area contributed by atoms with Crippen LogP contribution < -0.4 is 0 Å². The molecule has 0 bridgehead atoms. The highest BCUT2D eigenvalue weighted by Crippen LogP contribution is 2.19. The third-order valence-corrected chi connectivity index (χ3v) is 3.75. The van der Waals surface area contributed by atoms with E-state index < -0.39 is 10.1 Å². The first-order valence-corrected chi connectivity index (χ1v) is 7.46. The van der Waals surface area contributed by atoms with Crippen LogP contribution in [0, 0.1) is 6.92 Å². The Morgan fingerprint density at radius 2 is 1.88 bits per heavy atom. The molecule has 0 atom stereocenters. The first-order chi connectivity index (χ1) is 7.95. The Bertz CT molecular complexity index is 464. The van der Waals surface area contributed by atoms with Gasteiger partial charge in [0.2, 0.25) is 0 Å². The predicted octanol–water partition coefficient (Wildman–Crippen LogP) is 3.36. The van der Waals surface area contributed by atoms with Crippen LogP contribution >= 0.6 is 0 Å². The van der Waals surface area contributed by atoms with E-state index in [0.29, 0.717) is 6.42 Å². The van der Waals surface area contributed by atoms with Crippen LogP contribution in [0.1, 0.15) is 43.7 Å². The van der Waals surface area contributed by atoms with Crippen LogP contribution in [0.3, 0.4) is 0 Å². The Morgan fingerprint density at radius 1 is 1.18 bits per heavy atom. The lowest BCUT2D eigenvalue weighted by atomic mass is 10.0. The van der Waals surface area contributed by atoms with Crippen LogP contribution in [0.4, 0.5) is 0 Å². The molecule has 0 aromatic heterocycles. The molecule has 0 amide bonds. The highest BCUT2D eigenvalue weighted by atomic mass is 32.2. The molecule has 0 aliphatic rings. The average molecular weight is 256 g/mol. The van der Waals surface area contributed by atoms with Crippen molar-refractivity contribution in [1.29, 1.82) is 0 Å². The first-order valence-electron chi connectivity index (χ1n) is 6.02. The first kappa shape index (κ1) is 14.2. The van der Waals surface area contributed by atoms with Crippen molar-refractivity contribution in [3.8, 4) is 0 Å². The Morgan fingerprint density at radius 3 is 2.47 bits per heavy atom. The minimum absolute atomic E-state index is 0.0552. The summed E-state index contributed by atoms with van der Waals surface area (Å²) in [6, 6.07) is 5.04. The Balaban J connectivity index is 2.85. The molecule has 0 heterocycles. The van der Waals surface area contributed by atoms with Crippen molar-refractivity contribution in [3.63, 3.8) is 0 Å². The molecule has 4 heteroatoms. The van der Waals surface area contributed by atoms with Crippen LogP contribution in [0.5, 0.6) is 0 Å². The Kier molecular flexibility index (Phi) is 5.15. The molecule has 0 unspecified atom stereocenters. The van der Waals surface area contributed by atoms with E-state index in [9.17, 15) is 8.42 Å². The summed E-state index contributed by atoms with van der Waals surface area (Å²) in [6.07, 6.45) is 5.07. The summed E-state index contributed by atoms with van der Waals surface area (Å²) in [5.74, 6) is 0. The van der Waals surface area contributed by atoms with E-state index in [0.717, 1.165) is 36.8 Å². The largest absolute Gasteiger partial charge is 0.294 e. The summed E-state index contributed by atoms with van der Waals surface area (Å²) in [7, 11) is -4.09. The van der Waals surface area contributed by atoms with Crippen LogP contribution in [0.2, 0.25) is 0 Å². The summed E-state index contributed by atoms with van der Waals surface area (Å²) >= 11 is 0. The molecule has 17 heavy (non-hydrogen) atoms. The summed E-state index contributed by atoms with van der Waals surface area (Å²) in [5.41, 5.74) is 1.74. The van der Waals surface area contributed by atoms with Crippen molar-refractivity contribution in [2.75, 3.05) is 0 Å². The highest BCUT2D eigenvalue weighted by Gasteiger charge is 2.14. The zero-order chi connectivity index (χ0) is 12.9. The monoisotopic (exact) mass is 256 g/mol. The van der Waals surface area contributed by atoms with Crippen molar-refractivity contribution >= 4 is 10.1 Å². The van der Waals surface area contributed by atoms with Gasteiger partial charge in [0.05, 0.1) is 4.90 Å². The third kappa shape index (κ3) is 4.48. The minimum Gasteiger partial charge on any atom is -0.282 e. The van der Waals surface area contributed by atoms with Crippen LogP contribution in [-0.4, -0.2) is 13.0 Å². The number of rotatable bonds is 6. The van der Waals surface area contributed by atoms with Gasteiger partial charge in [-0.3, -0.25) is 4.55 Å². The topological polar surface area (TPSA) is 54.4 Å². The number of hydrogen-bond acceptors (Lipinski definition) is 2. The van der Waals surface area contributed by atoms with Crippen molar-refractivity contribution < 1.29 is 13.0 Å². The van der Waals surface area contributed by atoms with E-state index in [-0.39, 0.29) is 4.90 Å². The molecule has 96 valence electrons. The molecule has 1 rings (SSSR count). The lowest BCUT2D eigenvalue weighted by molar-refractivity contribution is 0.481. The van der Waals surface area contributed by atoms with Crippen LogP contribution in [-0.2, 0) is 16.5 Å². The molecule has 0 aliphatic heterocycles. The molecule has 1 aromatic carbocycles. The van der Waals surface area contributed by atoms with E-state index in [4.69, 9.17) is 4.55 Å². The van der Waals surface area contributed by atoms with Crippen molar-refractivity contribution in [3.05, 3.63) is 29.3 Å². The molecular formula is C13H20O3S. The maximum absolute atomic E-state index is 11.2. The minimum atomic E-state index is -4.09. The van der Waals surface area contributed by atoms with Gasteiger partial charge in [-0.1, -0.05) is 43.9 Å². The van der Waals surface area contributed by atoms with E-state index in [1.54, 1.807) is 6.07 Å². The zero-order valence-corrected chi connectivity index (χ0v) is 11.3. The second-order valence-electron chi connectivity index (χ2n) is 4.40. The van der Waals surface area contributed by atoms with Crippen molar-refractivity contribution in [2.24, 2.45) is 0 Å². The van der Waals surface area contributed by atoms with Gasteiger partial charge in [-0.15, -0.1) is 0 Å². The van der Waals surface area contributed by atoms with Gasteiger partial charge >= 0.3 is 0 Å². The van der Waals surface area contributed by atoms with Gasteiger partial charge in [-0.2, -0.15) is 8.42 Å². The van der Waals surface area contributed by atoms with Crippen LogP contribution in [0.25, 0.3) is 0 Å². The lowest BCUT2D eigenvalue weighted by Gasteiger charge is -2.08. The van der Waals surface area contributed by atoms with E-state index in [1.807, 2.05) is 13.0 Å². The molecule has 0 saturated carbocycles. The molecule has 1 aromatic rings. The van der Waals surface area contributed by atoms with Gasteiger partial charge in [-0.25, -0.2) is 0 Å². The van der Waals surface area contributed by atoms with Gasteiger partial charge in [-0.05, 0) is 31.4 Å². The summed E-state index contributed by atoms with van der Waals surface area (Å²) < 4.78 is 31.6. The summed E-state index contributed by atoms with van der Waals surface area (Å²) in [6.45, 7) is 4.06. The molecular weight excluding hydrogens is 236 g/mol. The zero-order valence-electron chi connectivity index (χ0n) is 10.4. The highest BCUT2D eigenvalue weighted by molar-refractivity contribution is 7.85. The maximum atomic E-state index is 11.2.